The summed E-state index contributed by atoms with van der Waals surface area (Å²) >= 11 is 6.85. The van der Waals surface area contributed by atoms with Crippen LogP contribution in [0, 0.1) is 0 Å². The summed E-state index contributed by atoms with van der Waals surface area (Å²) in [6.45, 7) is 1.03. The third-order valence-electron chi connectivity index (χ3n) is 2.25. The minimum atomic E-state index is 0.509. The van der Waals surface area contributed by atoms with Gasteiger partial charge >= 0.3 is 0 Å². The molecule has 0 aliphatic rings. The van der Waals surface area contributed by atoms with Crippen LogP contribution in [-0.4, -0.2) is 13.2 Å². The Labute approximate surface area is 123 Å². The van der Waals surface area contributed by atoms with Gasteiger partial charge in [0.25, 0.3) is 0 Å². The average molecular weight is 372 g/mol. The molecule has 0 saturated carbocycles. The van der Waals surface area contributed by atoms with Crippen molar-refractivity contribution in [2.75, 3.05) is 13.2 Å². The van der Waals surface area contributed by atoms with Gasteiger partial charge in [0.05, 0.1) is 4.47 Å². The van der Waals surface area contributed by atoms with Crippen LogP contribution in [0.3, 0.4) is 0 Å². The molecule has 2 rings (SSSR count). The van der Waals surface area contributed by atoms with Gasteiger partial charge in [0, 0.05) is 4.47 Å². The van der Waals surface area contributed by atoms with Gasteiger partial charge in [-0.1, -0.05) is 34.1 Å². The first-order chi connectivity index (χ1) is 8.75. The largest absolute Gasteiger partial charge is 0.490 e. The van der Waals surface area contributed by atoms with Crippen LogP contribution in [0.1, 0.15) is 0 Å². The fourth-order valence-corrected chi connectivity index (χ4v) is 2.58. The molecule has 0 unspecified atom stereocenters. The van der Waals surface area contributed by atoms with Crippen molar-refractivity contribution < 1.29 is 9.47 Å². The smallest absolute Gasteiger partial charge is 0.133 e. The molecule has 2 nitrogen and oxygen atoms in total. The molecule has 0 aliphatic heterocycles. The highest BCUT2D eigenvalue weighted by Gasteiger charge is 2.01. The lowest BCUT2D eigenvalue weighted by Crippen LogP contribution is -2.09. The lowest BCUT2D eigenvalue weighted by atomic mass is 10.3. The fraction of sp³-hybridized carbons (Fsp3) is 0.143. The van der Waals surface area contributed by atoms with Crippen LogP contribution < -0.4 is 9.47 Å². The molecule has 18 heavy (non-hydrogen) atoms. The normalized spacial score (nSPS) is 10.1. The highest BCUT2D eigenvalue weighted by atomic mass is 79.9. The van der Waals surface area contributed by atoms with Crippen LogP contribution >= 0.6 is 31.9 Å². The Morgan fingerprint density at radius 2 is 1.56 bits per heavy atom. The maximum Gasteiger partial charge on any atom is 0.133 e. The van der Waals surface area contributed by atoms with Gasteiger partial charge < -0.3 is 9.47 Å². The van der Waals surface area contributed by atoms with Gasteiger partial charge in [-0.05, 0) is 46.3 Å². The molecule has 2 aromatic carbocycles. The summed E-state index contributed by atoms with van der Waals surface area (Å²) < 4.78 is 13.1. The molecule has 0 heterocycles. The molecular formula is C14H12Br2O2. The van der Waals surface area contributed by atoms with Crippen LogP contribution in [0.2, 0.25) is 0 Å². The second kappa shape index (κ2) is 6.81. The van der Waals surface area contributed by atoms with Crippen LogP contribution in [-0.2, 0) is 0 Å². The average Bonchev–Trinajstić information content (AvgIpc) is 2.38. The first-order valence-electron chi connectivity index (χ1n) is 5.51. The number of ether oxygens (including phenoxy) is 2. The van der Waals surface area contributed by atoms with Crippen molar-refractivity contribution in [1.82, 2.24) is 0 Å². The Bertz CT molecular complexity index is 500. The van der Waals surface area contributed by atoms with Crippen LogP contribution in [0.15, 0.2) is 57.5 Å². The van der Waals surface area contributed by atoms with Crippen molar-refractivity contribution in [2.45, 2.75) is 0 Å². The van der Waals surface area contributed by atoms with Gasteiger partial charge in [-0.3, -0.25) is 0 Å². The van der Waals surface area contributed by atoms with Gasteiger partial charge in [-0.2, -0.15) is 0 Å². The summed E-state index contributed by atoms with van der Waals surface area (Å²) in [5.74, 6) is 1.67. The number of hydrogen-bond donors (Lipinski definition) is 0. The minimum absolute atomic E-state index is 0.509. The topological polar surface area (TPSA) is 18.5 Å². The molecule has 2 aromatic rings. The molecule has 0 atom stereocenters. The van der Waals surface area contributed by atoms with Crippen molar-refractivity contribution in [3.8, 4) is 11.5 Å². The molecule has 0 aromatic heterocycles. The van der Waals surface area contributed by atoms with Crippen molar-refractivity contribution in [3.63, 3.8) is 0 Å². The van der Waals surface area contributed by atoms with E-state index in [0.29, 0.717) is 13.2 Å². The second-order valence-corrected chi connectivity index (χ2v) is 5.35. The van der Waals surface area contributed by atoms with Gasteiger partial charge in [0.1, 0.15) is 24.7 Å². The van der Waals surface area contributed by atoms with Gasteiger partial charge in [0.15, 0.2) is 0 Å². The molecule has 4 heteroatoms. The summed E-state index contributed by atoms with van der Waals surface area (Å²) in [6, 6.07) is 15.5. The predicted octanol–water partition coefficient (Wildman–Crippen LogP) is 4.67. The number of benzene rings is 2. The highest BCUT2D eigenvalue weighted by molar-refractivity contribution is 9.11. The summed E-state index contributed by atoms with van der Waals surface area (Å²) in [4.78, 5) is 0. The van der Waals surface area contributed by atoms with Crippen molar-refractivity contribution in [1.29, 1.82) is 0 Å². The van der Waals surface area contributed by atoms with Crippen molar-refractivity contribution >= 4 is 31.9 Å². The Balaban J connectivity index is 1.79. The lowest BCUT2D eigenvalue weighted by molar-refractivity contribution is 0.216. The van der Waals surface area contributed by atoms with E-state index in [4.69, 9.17) is 9.47 Å². The zero-order valence-electron chi connectivity index (χ0n) is 9.61. The molecular weight excluding hydrogens is 360 g/mol. The van der Waals surface area contributed by atoms with Crippen molar-refractivity contribution in [3.05, 3.63) is 57.5 Å². The standard InChI is InChI=1S/C14H12Br2O2/c15-11-6-7-14(13(16)10-11)18-9-8-17-12-4-2-1-3-5-12/h1-7,10H,8-9H2. The predicted molar refractivity (Wildman–Crippen MR) is 79.3 cm³/mol. The van der Waals surface area contributed by atoms with E-state index in [0.717, 1.165) is 20.4 Å². The van der Waals surface area contributed by atoms with E-state index in [1.54, 1.807) is 0 Å². The summed E-state index contributed by atoms with van der Waals surface area (Å²) in [5, 5.41) is 0. The fourth-order valence-electron chi connectivity index (χ4n) is 1.42. The SMILES string of the molecule is Brc1ccc(OCCOc2ccccc2)c(Br)c1. The summed E-state index contributed by atoms with van der Waals surface area (Å²) in [7, 11) is 0. The van der Waals surface area contributed by atoms with E-state index in [9.17, 15) is 0 Å². The van der Waals surface area contributed by atoms with Gasteiger partial charge in [-0.25, -0.2) is 0 Å². The van der Waals surface area contributed by atoms with E-state index in [1.807, 2.05) is 48.5 Å². The Kier molecular flexibility index (Phi) is 5.08. The first-order valence-corrected chi connectivity index (χ1v) is 7.10. The molecule has 0 spiro atoms. The van der Waals surface area contributed by atoms with Gasteiger partial charge in [-0.15, -0.1) is 0 Å². The van der Waals surface area contributed by atoms with E-state index in [1.165, 1.54) is 0 Å². The zero-order chi connectivity index (χ0) is 12.8. The number of rotatable bonds is 5. The molecule has 94 valence electrons. The molecule has 0 radical (unpaired) electrons. The quantitative estimate of drug-likeness (QED) is 0.711. The second-order valence-electron chi connectivity index (χ2n) is 3.58. The summed E-state index contributed by atoms with van der Waals surface area (Å²) in [5.41, 5.74) is 0. The monoisotopic (exact) mass is 370 g/mol. The maximum absolute atomic E-state index is 5.62. The van der Waals surface area contributed by atoms with E-state index in [2.05, 4.69) is 31.9 Å². The molecule has 0 aliphatic carbocycles. The molecule has 0 amide bonds. The summed E-state index contributed by atoms with van der Waals surface area (Å²) in [6.07, 6.45) is 0. The Morgan fingerprint density at radius 1 is 0.833 bits per heavy atom. The Hall–Kier alpha value is -1.00. The molecule has 0 bridgehead atoms. The number of halogens is 2. The van der Waals surface area contributed by atoms with E-state index < -0.39 is 0 Å². The third-order valence-corrected chi connectivity index (χ3v) is 3.36. The van der Waals surface area contributed by atoms with E-state index in [-0.39, 0.29) is 0 Å². The minimum Gasteiger partial charge on any atom is -0.490 e. The van der Waals surface area contributed by atoms with Crippen LogP contribution in [0.5, 0.6) is 11.5 Å². The molecule has 0 fully saturated rings. The zero-order valence-corrected chi connectivity index (χ0v) is 12.8. The van der Waals surface area contributed by atoms with Crippen LogP contribution in [0.4, 0.5) is 0 Å². The molecule has 0 N–H and O–H groups in total. The third kappa shape index (κ3) is 4.03. The Morgan fingerprint density at radius 3 is 2.28 bits per heavy atom. The number of hydrogen-bond acceptors (Lipinski definition) is 2. The maximum atomic E-state index is 5.62. The van der Waals surface area contributed by atoms with Gasteiger partial charge in [0.2, 0.25) is 0 Å². The van der Waals surface area contributed by atoms with Crippen molar-refractivity contribution in [2.24, 2.45) is 0 Å². The lowest BCUT2D eigenvalue weighted by Gasteiger charge is -2.09. The van der Waals surface area contributed by atoms with Crippen LogP contribution in [0.25, 0.3) is 0 Å². The first kappa shape index (κ1) is 13.4. The van der Waals surface area contributed by atoms with E-state index >= 15 is 0 Å². The number of para-hydroxylation sites is 1. The highest BCUT2D eigenvalue weighted by Crippen LogP contribution is 2.28. The molecule has 0 saturated heterocycles.